The fourth-order valence-corrected chi connectivity index (χ4v) is 4.11. The zero-order chi connectivity index (χ0) is 14.7. The highest BCUT2D eigenvalue weighted by Crippen LogP contribution is 2.26. The van der Waals surface area contributed by atoms with Gasteiger partial charge in [-0.2, -0.15) is 0 Å². The molecular formula is C15H24N4OS. The van der Waals surface area contributed by atoms with Gasteiger partial charge in [-0.1, -0.05) is 6.42 Å². The smallest absolute Gasteiger partial charge is 0.315 e. The summed E-state index contributed by atoms with van der Waals surface area (Å²) in [6.45, 7) is 4.99. The number of piperidine rings is 1. The van der Waals surface area contributed by atoms with Crippen LogP contribution < -0.4 is 10.6 Å². The number of carbonyl (C=O) groups excluding carboxylic acids is 1. The number of hydrogen-bond donors (Lipinski definition) is 2. The van der Waals surface area contributed by atoms with Gasteiger partial charge in [0.2, 0.25) is 0 Å². The molecule has 2 fully saturated rings. The Bertz CT molecular complexity index is 490. The number of amides is 2. The molecular weight excluding hydrogens is 284 g/mol. The van der Waals surface area contributed by atoms with Gasteiger partial charge in [0.05, 0.1) is 10.7 Å². The van der Waals surface area contributed by atoms with Crippen molar-refractivity contribution in [1.29, 1.82) is 0 Å². The minimum Gasteiger partial charge on any atom is -0.338 e. The van der Waals surface area contributed by atoms with Crippen LogP contribution in [0.1, 0.15) is 36.4 Å². The van der Waals surface area contributed by atoms with E-state index in [1.165, 1.54) is 25.8 Å². The van der Waals surface area contributed by atoms with Gasteiger partial charge in [0, 0.05) is 37.0 Å². The minimum absolute atomic E-state index is 0.0284. The van der Waals surface area contributed by atoms with Crippen LogP contribution in [0.25, 0.3) is 0 Å². The maximum absolute atomic E-state index is 12.0. The van der Waals surface area contributed by atoms with Gasteiger partial charge in [-0.05, 0) is 32.7 Å². The predicted molar refractivity (Wildman–Crippen MR) is 84.7 cm³/mol. The van der Waals surface area contributed by atoms with Crippen LogP contribution in [0.2, 0.25) is 0 Å². The molecule has 0 unspecified atom stereocenters. The van der Waals surface area contributed by atoms with Crippen molar-refractivity contribution in [2.45, 2.75) is 51.1 Å². The Kier molecular flexibility index (Phi) is 4.75. The molecule has 0 spiro atoms. The maximum atomic E-state index is 12.0. The third-order valence-corrected chi connectivity index (χ3v) is 5.33. The van der Waals surface area contributed by atoms with E-state index in [0.29, 0.717) is 18.6 Å². The number of aryl methyl sites for hydroxylation is 1. The van der Waals surface area contributed by atoms with Gasteiger partial charge >= 0.3 is 6.03 Å². The second-order valence-corrected chi connectivity index (χ2v) is 7.06. The molecule has 1 aromatic rings. The normalized spacial score (nSPS) is 25.6. The first-order valence-corrected chi connectivity index (χ1v) is 8.80. The molecule has 2 aliphatic heterocycles. The summed E-state index contributed by atoms with van der Waals surface area (Å²) in [5, 5.41) is 9.26. The Hall–Kier alpha value is -1.14. The average Bonchev–Trinajstić information content (AvgIpc) is 3.06. The largest absolute Gasteiger partial charge is 0.338 e. The summed E-state index contributed by atoms with van der Waals surface area (Å²) in [4.78, 5) is 18.9. The first kappa shape index (κ1) is 14.8. The molecule has 6 heteroatoms. The van der Waals surface area contributed by atoms with E-state index in [-0.39, 0.29) is 6.03 Å². The number of aromatic nitrogens is 1. The van der Waals surface area contributed by atoms with E-state index in [1.807, 2.05) is 6.92 Å². The van der Waals surface area contributed by atoms with Crippen LogP contribution in [0, 0.1) is 6.92 Å². The Morgan fingerprint density at radius 2 is 2.33 bits per heavy atom. The van der Waals surface area contributed by atoms with Crippen LogP contribution in [0.5, 0.6) is 0 Å². The maximum Gasteiger partial charge on any atom is 0.315 e. The lowest BCUT2D eigenvalue weighted by atomic mass is 9.99. The van der Waals surface area contributed by atoms with E-state index in [9.17, 15) is 4.79 Å². The highest BCUT2D eigenvalue weighted by atomic mass is 32.1. The van der Waals surface area contributed by atoms with Crippen LogP contribution in [-0.4, -0.2) is 47.6 Å². The van der Waals surface area contributed by atoms with E-state index in [0.717, 1.165) is 30.1 Å². The van der Waals surface area contributed by atoms with Crippen LogP contribution in [0.15, 0.2) is 5.38 Å². The van der Waals surface area contributed by atoms with E-state index >= 15 is 0 Å². The topological polar surface area (TPSA) is 57.3 Å². The summed E-state index contributed by atoms with van der Waals surface area (Å²) in [5.74, 6) is 0. The number of nitrogens with zero attached hydrogens (tertiary/aromatic N) is 2. The van der Waals surface area contributed by atoms with E-state index in [1.54, 1.807) is 11.3 Å². The molecule has 116 valence electrons. The summed E-state index contributed by atoms with van der Waals surface area (Å²) in [5.41, 5.74) is 1.07. The number of urea groups is 1. The second-order valence-electron chi connectivity index (χ2n) is 6.00. The number of carbonyl (C=O) groups is 1. The molecule has 0 saturated carbocycles. The van der Waals surface area contributed by atoms with Crippen molar-refractivity contribution in [3.63, 3.8) is 0 Å². The summed E-state index contributed by atoms with van der Waals surface area (Å²) < 4.78 is 0. The number of hydrogen-bond acceptors (Lipinski definition) is 4. The molecule has 3 heterocycles. The molecule has 0 radical (unpaired) electrons. The molecule has 2 atom stereocenters. The van der Waals surface area contributed by atoms with Crippen molar-refractivity contribution < 1.29 is 4.79 Å². The van der Waals surface area contributed by atoms with Gasteiger partial charge in [-0.15, -0.1) is 11.3 Å². The lowest BCUT2D eigenvalue weighted by Gasteiger charge is -2.32. The Labute approximate surface area is 130 Å². The lowest BCUT2D eigenvalue weighted by Crippen LogP contribution is -2.49. The molecule has 0 aliphatic carbocycles. The van der Waals surface area contributed by atoms with Crippen molar-refractivity contribution in [2.75, 3.05) is 19.6 Å². The van der Waals surface area contributed by atoms with E-state index in [4.69, 9.17) is 0 Å². The monoisotopic (exact) mass is 308 g/mol. The first-order chi connectivity index (χ1) is 10.2. The molecule has 2 saturated heterocycles. The molecule has 1 aromatic heterocycles. The summed E-state index contributed by atoms with van der Waals surface area (Å²) in [6.07, 6.45) is 5.72. The van der Waals surface area contributed by atoms with E-state index in [2.05, 4.69) is 25.9 Å². The van der Waals surface area contributed by atoms with Gasteiger partial charge in [0.25, 0.3) is 0 Å². The third-order valence-electron chi connectivity index (χ3n) is 4.51. The van der Waals surface area contributed by atoms with Crippen LogP contribution in [0.3, 0.4) is 0 Å². The summed E-state index contributed by atoms with van der Waals surface area (Å²) in [7, 11) is 0. The highest BCUT2D eigenvalue weighted by Gasteiger charge is 2.36. The van der Waals surface area contributed by atoms with Crippen molar-refractivity contribution in [2.24, 2.45) is 0 Å². The van der Waals surface area contributed by atoms with E-state index < -0.39 is 0 Å². The average molecular weight is 308 g/mol. The Morgan fingerprint density at radius 1 is 1.43 bits per heavy atom. The fraction of sp³-hybridized carbons (Fsp3) is 0.733. The Morgan fingerprint density at radius 3 is 3.14 bits per heavy atom. The number of rotatable bonds is 4. The molecule has 5 nitrogen and oxygen atoms in total. The van der Waals surface area contributed by atoms with Crippen molar-refractivity contribution in [1.82, 2.24) is 20.5 Å². The second kappa shape index (κ2) is 6.75. The lowest BCUT2D eigenvalue weighted by molar-refractivity contribution is 0.179. The van der Waals surface area contributed by atoms with Gasteiger partial charge in [-0.25, -0.2) is 9.78 Å². The molecule has 0 bridgehead atoms. The third kappa shape index (κ3) is 3.74. The minimum atomic E-state index is -0.0284. The highest BCUT2D eigenvalue weighted by molar-refractivity contribution is 7.09. The van der Waals surface area contributed by atoms with Crippen LogP contribution in [0.4, 0.5) is 4.79 Å². The zero-order valence-electron chi connectivity index (χ0n) is 12.6. The molecule has 2 aliphatic rings. The van der Waals surface area contributed by atoms with Crippen molar-refractivity contribution in [3.8, 4) is 0 Å². The summed E-state index contributed by atoms with van der Waals surface area (Å²) in [6, 6.07) is 0.858. The zero-order valence-corrected chi connectivity index (χ0v) is 13.4. The molecule has 2 N–H and O–H groups in total. The molecule has 2 amide bonds. The molecule has 21 heavy (non-hydrogen) atoms. The predicted octanol–water partition coefficient (Wildman–Crippen LogP) is 1.92. The van der Waals surface area contributed by atoms with Gasteiger partial charge in [-0.3, -0.25) is 4.90 Å². The Balaban J connectivity index is 1.40. The van der Waals surface area contributed by atoms with Gasteiger partial charge in [0.1, 0.15) is 0 Å². The van der Waals surface area contributed by atoms with Crippen molar-refractivity contribution >= 4 is 17.4 Å². The van der Waals surface area contributed by atoms with Crippen molar-refractivity contribution in [3.05, 3.63) is 16.1 Å². The summed E-state index contributed by atoms with van der Waals surface area (Å²) >= 11 is 1.66. The van der Waals surface area contributed by atoms with Crippen LogP contribution in [-0.2, 0) is 6.42 Å². The number of thiazole rings is 1. The molecule has 3 rings (SSSR count). The number of nitrogens with one attached hydrogen (secondary N) is 2. The quantitative estimate of drug-likeness (QED) is 0.893. The fourth-order valence-electron chi connectivity index (χ4n) is 3.46. The molecule has 0 aromatic carbocycles. The van der Waals surface area contributed by atoms with Crippen LogP contribution >= 0.6 is 11.3 Å². The SMILES string of the molecule is Cc1nc(CCNC(=O)N[C@@H]2CCN3CCCC[C@@H]23)cs1. The van der Waals surface area contributed by atoms with Gasteiger partial charge in [0.15, 0.2) is 0 Å². The number of fused-ring (bicyclic) bond motifs is 1. The first-order valence-electron chi connectivity index (χ1n) is 7.92. The standard InChI is InChI=1S/C15H24N4OS/c1-11-17-12(10-21-11)5-7-16-15(20)18-13-6-9-19-8-3-2-4-14(13)19/h10,13-14H,2-9H2,1H3,(H2,16,18,20)/t13-,14+/m1/s1. The van der Waals surface area contributed by atoms with Gasteiger partial charge < -0.3 is 10.6 Å².